The quantitative estimate of drug-likeness (QED) is 0.608. The van der Waals surface area contributed by atoms with Crippen LogP contribution in [0.15, 0.2) is 42.5 Å². The summed E-state index contributed by atoms with van der Waals surface area (Å²) < 4.78 is 4.71. The highest BCUT2D eigenvalue weighted by molar-refractivity contribution is 6.08. The molecule has 9 heteroatoms. The third-order valence-electron chi connectivity index (χ3n) is 2.97. The molecule has 0 amide bonds. The highest BCUT2D eigenvalue weighted by atomic mass is 35.5. The SMILES string of the molecule is Cc1ccc([N+](=O)[O-])c([N+](=O)[O-])c1N(OCl)c1ccccc1. The fourth-order valence-corrected chi connectivity index (χ4v) is 2.17. The molecule has 0 heterocycles. The Morgan fingerprint density at radius 2 is 1.68 bits per heavy atom. The largest absolute Gasteiger partial charge is 0.372 e. The Morgan fingerprint density at radius 1 is 1.05 bits per heavy atom. The molecule has 0 radical (unpaired) electrons. The number of nitro benzene ring substituents is 2. The van der Waals surface area contributed by atoms with Crippen LogP contribution in [0.4, 0.5) is 22.7 Å². The Morgan fingerprint density at radius 3 is 2.18 bits per heavy atom. The average Bonchev–Trinajstić information content (AvgIpc) is 2.49. The predicted octanol–water partition coefficient (Wildman–Crippen LogP) is 4.03. The summed E-state index contributed by atoms with van der Waals surface area (Å²) in [7, 11) is 0. The van der Waals surface area contributed by atoms with Gasteiger partial charge in [0.05, 0.1) is 27.4 Å². The fourth-order valence-electron chi connectivity index (χ4n) is 2.02. The van der Waals surface area contributed by atoms with E-state index in [1.54, 1.807) is 37.3 Å². The molecule has 0 fully saturated rings. The molecule has 0 aromatic heterocycles. The zero-order valence-corrected chi connectivity index (χ0v) is 12.1. The first-order chi connectivity index (χ1) is 10.5. The van der Waals surface area contributed by atoms with Gasteiger partial charge in [-0.3, -0.25) is 20.2 Å². The maximum absolute atomic E-state index is 11.3. The zero-order valence-electron chi connectivity index (χ0n) is 11.3. The van der Waals surface area contributed by atoms with Gasteiger partial charge in [0.1, 0.15) is 0 Å². The monoisotopic (exact) mass is 323 g/mol. The second-order valence-corrected chi connectivity index (χ2v) is 4.45. The van der Waals surface area contributed by atoms with Gasteiger partial charge in [0.15, 0.2) is 5.69 Å². The van der Waals surface area contributed by atoms with E-state index in [9.17, 15) is 20.2 Å². The van der Waals surface area contributed by atoms with Gasteiger partial charge in [-0.15, -0.1) is 0 Å². The first-order valence-electron chi connectivity index (χ1n) is 6.03. The maximum atomic E-state index is 11.3. The van der Waals surface area contributed by atoms with Crippen LogP contribution in [-0.2, 0) is 4.39 Å². The van der Waals surface area contributed by atoms with Crippen molar-refractivity contribution in [1.82, 2.24) is 0 Å². The normalized spacial score (nSPS) is 10.3. The van der Waals surface area contributed by atoms with Gasteiger partial charge in [0.2, 0.25) is 0 Å². The molecule has 0 saturated heterocycles. The Labute approximate surface area is 129 Å². The van der Waals surface area contributed by atoms with Crippen molar-refractivity contribution < 1.29 is 14.2 Å². The standard InChI is InChI=1S/C13H10ClN3O5/c1-9-7-8-11(16(18)19)13(17(20)21)12(9)15(22-14)10-5-3-2-4-6-10/h2-8H,1H3. The molecule has 8 nitrogen and oxygen atoms in total. The van der Waals surface area contributed by atoms with Crippen molar-refractivity contribution in [1.29, 1.82) is 0 Å². The molecule has 22 heavy (non-hydrogen) atoms. The van der Waals surface area contributed by atoms with Crippen LogP contribution in [0.25, 0.3) is 0 Å². The highest BCUT2D eigenvalue weighted by Gasteiger charge is 2.34. The number of para-hydroxylation sites is 1. The van der Waals surface area contributed by atoms with Crippen LogP contribution < -0.4 is 5.06 Å². The Kier molecular flexibility index (Phi) is 4.54. The van der Waals surface area contributed by atoms with E-state index >= 15 is 0 Å². The highest BCUT2D eigenvalue weighted by Crippen LogP contribution is 2.42. The molecule has 114 valence electrons. The van der Waals surface area contributed by atoms with E-state index in [-0.39, 0.29) is 5.69 Å². The number of aryl methyl sites for hydroxylation is 1. The molecule has 0 spiro atoms. The Hall–Kier alpha value is -2.71. The summed E-state index contributed by atoms with van der Waals surface area (Å²) in [5, 5.41) is 23.3. The summed E-state index contributed by atoms with van der Waals surface area (Å²) in [6.07, 6.45) is 0. The molecule has 0 aliphatic carbocycles. The minimum Gasteiger partial charge on any atom is -0.258 e. The van der Waals surface area contributed by atoms with Crippen molar-refractivity contribution in [3.05, 3.63) is 68.3 Å². The molecular formula is C13H10ClN3O5. The van der Waals surface area contributed by atoms with Crippen molar-refractivity contribution in [2.75, 3.05) is 5.06 Å². The lowest BCUT2D eigenvalue weighted by Gasteiger charge is -2.20. The minimum atomic E-state index is -0.827. The van der Waals surface area contributed by atoms with Crippen molar-refractivity contribution >= 4 is 34.6 Å². The van der Waals surface area contributed by atoms with Gasteiger partial charge in [-0.2, -0.15) is 9.45 Å². The second kappa shape index (κ2) is 6.37. The fraction of sp³-hybridized carbons (Fsp3) is 0.0769. The smallest absolute Gasteiger partial charge is 0.258 e. The van der Waals surface area contributed by atoms with Gasteiger partial charge in [0.25, 0.3) is 0 Å². The summed E-state index contributed by atoms with van der Waals surface area (Å²) in [4.78, 5) is 20.7. The lowest BCUT2D eigenvalue weighted by molar-refractivity contribution is -0.422. The van der Waals surface area contributed by atoms with Gasteiger partial charge >= 0.3 is 11.4 Å². The number of hydrogen-bond donors (Lipinski definition) is 0. The summed E-state index contributed by atoms with van der Waals surface area (Å²) in [5.74, 6) is 0. The number of hydrogen-bond acceptors (Lipinski definition) is 6. The van der Waals surface area contributed by atoms with E-state index in [0.29, 0.717) is 11.3 Å². The molecule has 0 bridgehead atoms. The third kappa shape index (κ3) is 2.83. The van der Waals surface area contributed by atoms with E-state index in [1.165, 1.54) is 6.07 Å². The van der Waals surface area contributed by atoms with Crippen molar-refractivity contribution in [3.63, 3.8) is 0 Å². The van der Waals surface area contributed by atoms with Gasteiger partial charge in [-0.1, -0.05) is 18.2 Å². The predicted molar refractivity (Wildman–Crippen MR) is 80.0 cm³/mol. The van der Waals surface area contributed by atoms with Gasteiger partial charge in [-0.25, -0.2) is 0 Å². The molecule has 2 aromatic carbocycles. The first-order valence-corrected chi connectivity index (χ1v) is 6.34. The van der Waals surface area contributed by atoms with E-state index in [2.05, 4.69) is 0 Å². The number of rotatable bonds is 5. The number of halogens is 1. The van der Waals surface area contributed by atoms with Crippen LogP contribution in [0.5, 0.6) is 0 Å². The van der Waals surface area contributed by atoms with Gasteiger partial charge in [-0.05, 0) is 30.7 Å². The number of nitro groups is 2. The first kappa shape index (κ1) is 15.7. The van der Waals surface area contributed by atoms with E-state index in [0.717, 1.165) is 11.1 Å². The van der Waals surface area contributed by atoms with Crippen LogP contribution in [0.1, 0.15) is 5.56 Å². The summed E-state index contributed by atoms with van der Waals surface area (Å²) in [6, 6.07) is 10.8. The second-order valence-electron chi connectivity index (χ2n) is 4.31. The van der Waals surface area contributed by atoms with Crippen molar-refractivity contribution in [2.45, 2.75) is 6.92 Å². The van der Waals surface area contributed by atoms with E-state index in [4.69, 9.17) is 16.3 Å². The van der Waals surface area contributed by atoms with Crippen LogP contribution >= 0.6 is 11.9 Å². The van der Waals surface area contributed by atoms with Crippen molar-refractivity contribution in [2.24, 2.45) is 0 Å². The molecule has 2 rings (SSSR count). The third-order valence-corrected chi connectivity index (χ3v) is 3.11. The molecular weight excluding hydrogens is 314 g/mol. The number of anilines is 2. The number of nitrogens with zero attached hydrogens (tertiary/aromatic N) is 3. The molecule has 2 aromatic rings. The van der Waals surface area contributed by atoms with Crippen LogP contribution in [0.3, 0.4) is 0 Å². The van der Waals surface area contributed by atoms with Crippen LogP contribution in [-0.4, -0.2) is 9.85 Å². The van der Waals surface area contributed by atoms with Crippen LogP contribution in [0, 0.1) is 27.2 Å². The van der Waals surface area contributed by atoms with Gasteiger partial charge < -0.3 is 0 Å². The Bertz CT molecular complexity index is 723. The lowest BCUT2D eigenvalue weighted by Crippen LogP contribution is -2.16. The minimum absolute atomic E-state index is 0.0969. The maximum Gasteiger partial charge on any atom is 0.372 e. The number of benzene rings is 2. The summed E-state index contributed by atoms with van der Waals surface area (Å²) in [5.41, 5.74) is -0.624. The molecule has 0 saturated carbocycles. The molecule has 0 atom stereocenters. The average molecular weight is 324 g/mol. The topological polar surface area (TPSA) is 98.8 Å². The van der Waals surface area contributed by atoms with E-state index < -0.39 is 21.2 Å². The Balaban J connectivity index is 2.74. The van der Waals surface area contributed by atoms with Crippen LogP contribution in [0.2, 0.25) is 0 Å². The van der Waals surface area contributed by atoms with Crippen molar-refractivity contribution in [3.8, 4) is 0 Å². The van der Waals surface area contributed by atoms with Gasteiger partial charge in [0, 0.05) is 6.07 Å². The summed E-state index contributed by atoms with van der Waals surface area (Å²) >= 11 is 5.45. The zero-order chi connectivity index (χ0) is 16.3. The molecule has 0 aliphatic rings. The molecule has 0 aliphatic heterocycles. The molecule has 0 N–H and O–H groups in total. The lowest BCUT2D eigenvalue weighted by atomic mass is 10.1. The molecule has 0 unspecified atom stereocenters. The van der Waals surface area contributed by atoms with E-state index in [1.807, 2.05) is 0 Å². The summed E-state index contributed by atoms with van der Waals surface area (Å²) in [6.45, 7) is 1.57.